The molecule has 0 saturated heterocycles. The van der Waals surface area contributed by atoms with E-state index in [0.29, 0.717) is 16.4 Å². The van der Waals surface area contributed by atoms with Crippen molar-refractivity contribution < 1.29 is 14.4 Å². The van der Waals surface area contributed by atoms with Crippen LogP contribution in [0, 0.1) is 0 Å². The molecule has 3 heterocycles. The number of aromatic nitrogens is 3. The van der Waals surface area contributed by atoms with Crippen molar-refractivity contribution in [3.63, 3.8) is 0 Å². The van der Waals surface area contributed by atoms with E-state index in [1.165, 1.54) is 11.0 Å². The van der Waals surface area contributed by atoms with Crippen molar-refractivity contribution in [1.29, 1.82) is 0 Å². The van der Waals surface area contributed by atoms with E-state index >= 15 is 0 Å². The molecular weight excluding hydrogens is 460 g/mol. The standard InChI is InChI=1S/C23H19ClN6O4/c24-14-5-6-15-13(7-14)9-16(25-15)22(33)26-17-8-12-3-1-2-4-18(12)30(23(17)34)11-21(32)27-19-10-20(31)29-28-19/h1-7,9-10,17,25H,8,11H2,(H,26,33)(H3,27,28,29,31,32). The van der Waals surface area contributed by atoms with E-state index in [2.05, 4.69) is 25.8 Å². The topological polar surface area (TPSA) is 143 Å². The molecule has 4 aromatic rings. The van der Waals surface area contributed by atoms with Gasteiger partial charge in [-0.2, -0.15) is 0 Å². The molecule has 1 atom stereocenters. The smallest absolute Gasteiger partial charge is 0.268 e. The molecule has 0 saturated carbocycles. The van der Waals surface area contributed by atoms with Crippen LogP contribution in [-0.2, 0) is 16.0 Å². The third kappa shape index (κ3) is 4.18. The average molecular weight is 479 g/mol. The zero-order chi connectivity index (χ0) is 23.8. The number of para-hydroxylation sites is 1. The van der Waals surface area contributed by atoms with Gasteiger partial charge in [0.15, 0.2) is 0 Å². The monoisotopic (exact) mass is 478 g/mol. The number of rotatable bonds is 5. The first kappa shape index (κ1) is 21.5. The fourth-order valence-electron chi connectivity index (χ4n) is 4.03. The molecule has 34 heavy (non-hydrogen) atoms. The summed E-state index contributed by atoms with van der Waals surface area (Å²) in [6.07, 6.45) is 0.288. The quantitative estimate of drug-likeness (QED) is 0.299. The second kappa shape index (κ2) is 8.56. The van der Waals surface area contributed by atoms with Gasteiger partial charge in [-0.05, 0) is 35.9 Å². The predicted octanol–water partition coefficient (Wildman–Crippen LogP) is 2.16. The minimum Gasteiger partial charge on any atom is -0.351 e. The number of anilines is 2. The lowest BCUT2D eigenvalue weighted by molar-refractivity contribution is -0.123. The lowest BCUT2D eigenvalue weighted by Gasteiger charge is -2.34. The van der Waals surface area contributed by atoms with Crippen LogP contribution in [0.5, 0.6) is 0 Å². The van der Waals surface area contributed by atoms with Crippen LogP contribution in [0.2, 0.25) is 5.02 Å². The highest BCUT2D eigenvalue weighted by molar-refractivity contribution is 6.31. The summed E-state index contributed by atoms with van der Waals surface area (Å²) in [4.78, 5) is 54.4. The molecule has 1 aliphatic rings. The minimum atomic E-state index is -0.864. The Morgan fingerprint density at radius 3 is 2.68 bits per heavy atom. The molecule has 2 aromatic carbocycles. The van der Waals surface area contributed by atoms with E-state index in [1.807, 2.05) is 12.1 Å². The Morgan fingerprint density at radius 2 is 1.88 bits per heavy atom. The number of hydrogen-bond acceptors (Lipinski definition) is 4. The van der Waals surface area contributed by atoms with Crippen LogP contribution in [-0.4, -0.2) is 45.5 Å². The second-order valence-electron chi connectivity index (χ2n) is 7.92. The maximum absolute atomic E-state index is 13.3. The number of benzene rings is 2. The molecule has 2 aromatic heterocycles. The fraction of sp³-hybridized carbons (Fsp3) is 0.130. The number of aromatic amines is 3. The molecule has 1 aliphatic heterocycles. The maximum Gasteiger partial charge on any atom is 0.268 e. The summed E-state index contributed by atoms with van der Waals surface area (Å²) in [6, 6.07) is 14.4. The van der Waals surface area contributed by atoms with Crippen LogP contribution in [0.4, 0.5) is 11.5 Å². The van der Waals surface area contributed by atoms with E-state index in [1.54, 1.807) is 36.4 Å². The Kier molecular flexibility index (Phi) is 5.42. The molecule has 5 rings (SSSR count). The molecule has 3 amide bonds. The maximum atomic E-state index is 13.3. The van der Waals surface area contributed by atoms with Crippen LogP contribution in [0.3, 0.4) is 0 Å². The number of nitrogens with one attached hydrogen (secondary N) is 5. The Hall–Kier alpha value is -4.31. The van der Waals surface area contributed by atoms with Gasteiger partial charge in [-0.15, -0.1) is 0 Å². The summed E-state index contributed by atoms with van der Waals surface area (Å²) in [5, 5.41) is 11.5. The average Bonchev–Trinajstić information content (AvgIpc) is 3.42. The molecular formula is C23H19ClN6O4. The third-order valence-corrected chi connectivity index (χ3v) is 5.81. The lowest BCUT2D eigenvalue weighted by Crippen LogP contribution is -2.54. The van der Waals surface area contributed by atoms with Crippen LogP contribution in [0.25, 0.3) is 10.9 Å². The zero-order valence-electron chi connectivity index (χ0n) is 17.6. The highest BCUT2D eigenvalue weighted by Crippen LogP contribution is 2.28. The van der Waals surface area contributed by atoms with E-state index in [4.69, 9.17) is 11.6 Å². The molecule has 0 spiro atoms. The Morgan fingerprint density at radius 1 is 1.06 bits per heavy atom. The Balaban J connectivity index is 1.36. The first-order valence-electron chi connectivity index (χ1n) is 10.4. The molecule has 10 nitrogen and oxygen atoms in total. The number of carbonyl (C=O) groups excluding carboxylic acids is 3. The highest BCUT2D eigenvalue weighted by Gasteiger charge is 2.35. The van der Waals surface area contributed by atoms with Crippen LogP contribution >= 0.6 is 11.6 Å². The molecule has 0 aliphatic carbocycles. The van der Waals surface area contributed by atoms with E-state index in [9.17, 15) is 19.2 Å². The summed E-state index contributed by atoms with van der Waals surface area (Å²) in [6.45, 7) is -0.291. The number of hydrogen-bond donors (Lipinski definition) is 5. The van der Waals surface area contributed by atoms with Gasteiger partial charge in [-0.25, -0.2) is 0 Å². The van der Waals surface area contributed by atoms with Crippen LogP contribution in [0.1, 0.15) is 16.1 Å². The third-order valence-electron chi connectivity index (χ3n) is 5.57. The molecule has 5 N–H and O–H groups in total. The summed E-state index contributed by atoms with van der Waals surface area (Å²) >= 11 is 6.02. The van der Waals surface area contributed by atoms with E-state index in [0.717, 1.165) is 16.5 Å². The number of nitrogens with zero attached hydrogens (tertiary/aromatic N) is 1. The number of carbonyl (C=O) groups is 3. The molecule has 1 unspecified atom stereocenters. The van der Waals surface area contributed by atoms with Crippen molar-refractivity contribution >= 4 is 51.7 Å². The Labute approximate surface area is 197 Å². The number of H-pyrrole nitrogens is 3. The van der Waals surface area contributed by atoms with E-state index in [-0.39, 0.29) is 18.8 Å². The van der Waals surface area contributed by atoms with Crippen molar-refractivity contribution in [3.8, 4) is 0 Å². The molecule has 172 valence electrons. The van der Waals surface area contributed by atoms with Gasteiger partial charge in [0.05, 0.1) is 0 Å². The first-order chi connectivity index (χ1) is 16.4. The van der Waals surface area contributed by atoms with Crippen LogP contribution in [0.15, 0.2) is 59.4 Å². The first-order valence-corrected chi connectivity index (χ1v) is 10.8. The van der Waals surface area contributed by atoms with Crippen molar-refractivity contribution in [2.45, 2.75) is 12.5 Å². The van der Waals surface area contributed by atoms with Gasteiger partial charge >= 0.3 is 0 Å². The molecule has 0 fully saturated rings. The van der Waals surface area contributed by atoms with Gasteiger partial charge in [-0.3, -0.25) is 29.4 Å². The molecule has 11 heteroatoms. The molecule has 0 bridgehead atoms. The van der Waals surface area contributed by atoms with Gasteiger partial charge in [-0.1, -0.05) is 29.8 Å². The van der Waals surface area contributed by atoms with E-state index < -0.39 is 29.3 Å². The van der Waals surface area contributed by atoms with Crippen molar-refractivity contribution in [1.82, 2.24) is 20.5 Å². The van der Waals surface area contributed by atoms with Gasteiger partial charge in [0.1, 0.15) is 24.1 Å². The van der Waals surface area contributed by atoms with Gasteiger partial charge in [0.25, 0.3) is 11.5 Å². The largest absolute Gasteiger partial charge is 0.351 e. The summed E-state index contributed by atoms with van der Waals surface area (Å²) < 4.78 is 0. The van der Waals surface area contributed by atoms with Crippen molar-refractivity contribution in [2.24, 2.45) is 0 Å². The van der Waals surface area contributed by atoms with Crippen molar-refractivity contribution in [2.75, 3.05) is 16.8 Å². The SMILES string of the molecule is O=C(CN1C(=O)C(NC(=O)c2cc3cc(Cl)ccc3[nH]2)Cc2ccccc21)Nc1cc(=O)[nH][nH]1. The second-order valence-corrected chi connectivity index (χ2v) is 8.35. The van der Waals surface area contributed by atoms with Crippen molar-refractivity contribution in [3.05, 3.63) is 81.2 Å². The number of fused-ring (bicyclic) bond motifs is 2. The van der Waals surface area contributed by atoms with Gasteiger partial charge < -0.3 is 20.5 Å². The fourth-order valence-corrected chi connectivity index (χ4v) is 4.21. The minimum absolute atomic E-state index is 0.191. The lowest BCUT2D eigenvalue weighted by atomic mass is 9.97. The normalized spacial score (nSPS) is 15.3. The summed E-state index contributed by atoms with van der Waals surface area (Å²) in [5.41, 5.74) is 2.06. The molecule has 0 radical (unpaired) electrons. The highest BCUT2D eigenvalue weighted by atomic mass is 35.5. The van der Waals surface area contributed by atoms with Crippen LogP contribution < -0.4 is 21.1 Å². The van der Waals surface area contributed by atoms with Gasteiger partial charge in [0, 0.05) is 34.1 Å². The summed E-state index contributed by atoms with van der Waals surface area (Å²) in [7, 11) is 0. The number of amides is 3. The summed E-state index contributed by atoms with van der Waals surface area (Å²) in [5.74, 6) is -1.17. The zero-order valence-corrected chi connectivity index (χ0v) is 18.4. The van der Waals surface area contributed by atoms with Gasteiger partial charge in [0.2, 0.25) is 11.8 Å². The number of halogens is 1. The predicted molar refractivity (Wildman–Crippen MR) is 127 cm³/mol. The Bertz CT molecular complexity index is 1490.